The molecule has 0 fully saturated rings. The molecule has 0 radical (unpaired) electrons. The second-order valence-electron chi connectivity index (χ2n) is 7.51. The number of ether oxygens (including phenoxy) is 2. The third-order valence-corrected chi connectivity index (χ3v) is 5.66. The molecule has 0 amide bonds. The lowest BCUT2D eigenvalue weighted by Crippen LogP contribution is -2.29. The van der Waals surface area contributed by atoms with E-state index in [1.807, 2.05) is 24.3 Å². The monoisotopic (exact) mass is 451 g/mol. The Labute approximate surface area is 186 Å². The van der Waals surface area contributed by atoms with Gasteiger partial charge in [0.2, 0.25) is 15.8 Å². The highest BCUT2D eigenvalue weighted by molar-refractivity contribution is 7.92. The Morgan fingerprint density at radius 2 is 1.44 bits per heavy atom. The summed E-state index contributed by atoms with van der Waals surface area (Å²) in [5.74, 6) is -0.516. The predicted octanol–water partition coefficient (Wildman–Crippen LogP) is 4.11. The van der Waals surface area contributed by atoms with Gasteiger partial charge in [0.25, 0.3) is 0 Å². The largest absolute Gasteiger partial charge is 0.457 e. The molecule has 1 heterocycles. The van der Waals surface area contributed by atoms with Crippen LogP contribution in [0.25, 0.3) is 0 Å². The van der Waals surface area contributed by atoms with Gasteiger partial charge in [0.15, 0.2) is 6.10 Å². The minimum atomic E-state index is -3.42. The number of benzene rings is 3. The van der Waals surface area contributed by atoms with E-state index in [1.165, 1.54) is 31.2 Å². The van der Waals surface area contributed by atoms with E-state index in [4.69, 9.17) is 9.47 Å². The second-order valence-corrected chi connectivity index (χ2v) is 9.25. The lowest BCUT2D eigenvalue weighted by atomic mass is 9.88. The van der Waals surface area contributed by atoms with Crippen LogP contribution in [0.1, 0.15) is 34.3 Å². The Kier molecular flexibility index (Phi) is 5.71. The van der Waals surface area contributed by atoms with Crippen LogP contribution in [0.5, 0.6) is 11.5 Å². The normalized spacial score (nSPS) is 13.8. The zero-order valence-electron chi connectivity index (χ0n) is 17.4. The van der Waals surface area contributed by atoms with Gasteiger partial charge >= 0.3 is 5.97 Å². The summed E-state index contributed by atoms with van der Waals surface area (Å²) in [7, 11) is -3.42. The number of sulfonamides is 1. The van der Waals surface area contributed by atoms with Crippen LogP contribution < -0.4 is 9.46 Å². The summed E-state index contributed by atoms with van der Waals surface area (Å²) >= 11 is 0. The minimum absolute atomic E-state index is 0.303. The van der Waals surface area contributed by atoms with Gasteiger partial charge in [0.05, 0.1) is 6.26 Å². The molecule has 0 saturated carbocycles. The number of esters is 1. The van der Waals surface area contributed by atoms with Gasteiger partial charge in [-0.25, -0.2) is 8.42 Å². The second kappa shape index (κ2) is 8.47. The maximum atomic E-state index is 13.2. The van der Waals surface area contributed by atoms with Crippen LogP contribution in [-0.4, -0.2) is 32.5 Å². The maximum absolute atomic E-state index is 13.2. The molecule has 0 bridgehead atoms. The Balaban J connectivity index is 1.54. The molecule has 0 aromatic heterocycles. The first-order chi connectivity index (χ1) is 15.2. The van der Waals surface area contributed by atoms with Crippen LogP contribution in [0, 0.1) is 0 Å². The van der Waals surface area contributed by atoms with E-state index in [2.05, 4.69) is 4.72 Å². The molecule has 164 valence electrons. The van der Waals surface area contributed by atoms with Gasteiger partial charge in [0, 0.05) is 22.4 Å². The van der Waals surface area contributed by atoms with Gasteiger partial charge in [-0.15, -0.1) is 0 Å². The van der Waals surface area contributed by atoms with Crippen molar-refractivity contribution in [3.05, 3.63) is 89.5 Å². The van der Waals surface area contributed by atoms with Crippen LogP contribution >= 0.6 is 0 Å². The number of carbonyl (C=O) groups excluding carboxylic acids is 2. The molecule has 0 spiro atoms. The molecule has 3 aromatic rings. The zero-order valence-corrected chi connectivity index (χ0v) is 18.3. The number of para-hydroxylation sites is 2. The van der Waals surface area contributed by atoms with E-state index in [1.54, 1.807) is 24.3 Å². The molecule has 1 aliphatic rings. The summed E-state index contributed by atoms with van der Waals surface area (Å²) in [5.41, 5.74) is 1.99. The molecular formula is C24H21NO6S. The highest BCUT2D eigenvalue weighted by Crippen LogP contribution is 2.44. The number of Topliss-reactive ketones (excluding diaryl/α,β-unsaturated/α-hetero) is 1. The van der Waals surface area contributed by atoms with Crippen LogP contribution in [0.15, 0.2) is 72.8 Å². The van der Waals surface area contributed by atoms with Gasteiger partial charge < -0.3 is 9.47 Å². The molecule has 1 unspecified atom stereocenters. The first-order valence-corrected chi connectivity index (χ1v) is 11.8. The van der Waals surface area contributed by atoms with Gasteiger partial charge in [-0.3, -0.25) is 14.3 Å². The summed E-state index contributed by atoms with van der Waals surface area (Å²) in [6, 6.07) is 20.4. The third kappa shape index (κ3) is 4.50. The standard InChI is InChI=1S/C24H21NO6S/c1-15(23(26)16-11-13-17(14-12-16)25-32(2,28)29)30-24(27)22-18-7-3-5-9-20(18)31-21-10-6-4-8-19(21)22/h3-15,22,25H,1-2H3. The van der Waals surface area contributed by atoms with Crippen LogP contribution in [0.3, 0.4) is 0 Å². The lowest BCUT2D eigenvalue weighted by molar-refractivity contribution is -0.147. The molecule has 8 heteroatoms. The average Bonchev–Trinajstić information content (AvgIpc) is 2.76. The van der Waals surface area contributed by atoms with E-state index >= 15 is 0 Å². The minimum Gasteiger partial charge on any atom is -0.457 e. The van der Waals surface area contributed by atoms with Crippen LogP contribution in [0.2, 0.25) is 0 Å². The SMILES string of the molecule is CC(OC(=O)C1c2ccccc2Oc2ccccc21)C(=O)c1ccc(NS(C)(=O)=O)cc1. The zero-order chi connectivity index (χ0) is 22.9. The van der Waals surface area contributed by atoms with Crippen molar-refractivity contribution < 1.29 is 27.5 Å². The van der Waals surface area contributed by atoms with Gasteiger partial charge in [-0.2, -0.15) is 0 Å². The van der Waals surface area contributed by atoms with Crippen molar-refractivity contribution in [1.82, 2.24) is 0 Å². The molecule has 3 aromatic carbocycles. The van der Waals surface area contributed by atoms with Crippen molar-refractivity contribution >= 4 is 27.5 Å². The van der Waals surface area contributed by atoms with E-state index in [-0.39, 0.29) is 0 Å². The molecule has 1 atom stereocenters. The van der Waals surface area contributed by atoms with Crippen LogP contribution in [0.4, 0.5) is 5.69 Å². The fraction of sp³-hybridized carbons (Fsp3) is 0.167. The average molecular weight is 452 g/mol. The Bertz CT molecular complexity index is 1240. The van der Waals surface area contributed by atoms with Crippen molar-refractivity contribution in [2.24, 2.45) is 0 Å². The van der Waals surface area contributed by atoms with Crippen molar-refractivity contribution in [3.8, 4) is 11.5 Å². The Hall–Kier alpha value is -3.65. The first-order valence-electron chi connectivity index (χ1n) is 9.91. The first kappa shape index (κ1) is 21.6. The fourth-order valence-corrected chi connectivity index (χ4v) is 4.18. The molecule has 32 heavy (non-hydrogen) atoms. The van der Waals surface area contributed by atoms with Crippen molar-refractivity contribution in [2.45, 2.75) is 18.9 Å². The Morgan fingerprint density at radius 1 is 0.906 bits per heavy atom. The fourth-order valence-electron chi connectivity index (χ4n) is 3.61. The maximum Gasteiger partial charge on any atom is 0.318 e. The summed E-state index contributed by atoms with van der Waals surface area (Å²) in [6.07, 6.45) is 0.0126. The predicted molar refractivity (Wildman–Crippen MR) is 120 cm³/mol. The molecule has 7 nitrogen and oxygen atoms in total. The lowest BCUT2D eigenvalue weighted by Gasteiger charge is -2.27. The number of ketones is 1. The van der Waals surface area contributed by atoms with Gasteiger partial charge in [-0.1, -0.05) is 36.4 Å². The number of nitrogens with one attached hydrogen (secondary N) is 1. The number of hydrogen-bond donors (Lipinski definition) is 1. The van der Waals surface area contributed by atoms with E-state index in [9.17, 15) is 18.0 Å². The smallest absolute Gasteiger partial charge is 0.318 e. The molecular weight excluding hydrogens is 430 g/mol. The van der Waals surface area contributed by atoms with Crippen LogP contribution in [-0.2, 0) is 19.6 Å². The van der Waals surface area contributed by atoms with E-state index < -0.39 is 33.8 Å². The number of rotatable bonds is 6. The summed E-state index contributed by atoms with van der Waals surface area (Å²) in [4.78, 5) is 26.0. The summed E-state index contributed by atoms with van der Waals surface area (Å²) in [6.45, 7) is 1.51. The Morgan fingerprint density at radius 3 is 1.97 bits per heavy atom. The highest BCUT2D eigenvalue weighted by Gasteiger charge is 2.35. The summed E-state index contributed by atoms with van der Waals surface area (Å²) < 4.78 is 36.5. The van der Waals surface area contributed by atoms with Crippen molar-refractivity contribution in [3.63, 3.8) is 0 Å². The van der Waals surface area contributed by atoms with E-state index in [0.29, 0.717) is 33.9 Å². The topological polar surface area (TPSA) is 98.8 Å². The molecule has 0 aliphatic carbocycles. The van der Waals surface area contributed by atoms with Gasteiger partial charge in [-0.05, 0) is 43.3 Å². The van der Waals surface area contributed by atoms with Gasteiger partial charge in [0.1, 0.15) is 17.4 Å². The highest BCUT2D eigenvalue weighted by atomic mass is 32.2. The molecule has 4 rings (SSSR count). The number of fused-ring (bicyclic) bond motifs is 2. The number of carbonyl (C=O) groups is 2. The quantitative estimate of drug-likeness (QED) is 0.447. The number of anilines is 1. The third-order valence-electron chi connectivity index (χ3n) is 5.05. The van der Waals surface area contributed by atoms with Crippen molar-refractivity contribution in [1.29, 1.82) is 0 Å². The summed E-state index contributed by atoms with van der Waals surface area (Å²) in [5, 5.41) is 0. The molecule has 1 aliphatic heterocycles. The van der Waals surface area contributed by atoms with Crippen molar-refractivity contribution in [2.75, 3.05) is 11.0 Å². The van der Waals surface area contributed by atoms with E-state index in [0.717, 1.165) is 6.26 Å². The molecule has 1 N–H and O–H groups in total. The number of hydrogen-bond acceptors (Lipinski definition) is 6. The molecule has 0 saturated heterocycles.